The molecular formula is C18H29N3O2. The van der Waals surface area contributed by atoms with E-state index in [1.807, 2.05) is 19.2 Å². The Bertz CT molecular complexity index is 493. The van der Waals surface area contributed by atoms with Crippen LogP contribution in [0, 0.1) is 18.8 Å². The number of aliphatic hydroxyl groups is 1. The lowest BCUT2D eigenvalue weighted by atomic mass is 9.95. The third-order valence-electron chi connectivity index (χ3n) is 4.34. The van der Waals surface area contributed by atoms with E-state index in [1.54, 1.807) is 0 Å². The number of nitrogens with one attached hydrogen (secondary N) is 1. The second-order valence-electron chi connectivity index (χ2n) is 6.98. The first-order valence-electron chi connectivity index (χ1n) is 8.59. The molecule has 5 nitrogen and oxygen atoms in total. The van der Waals surface area contributed by atoms with Gasteiger partial charge in [-0.15, -0.1) is 0 Å². The maximum atomic E-state index is 12.2. The quantitative estimate of drug-likeness (QED) is 0.843. The molecule has 1 unspecified atom stereocenters. The fraction of sp³-hybridized carbons (Fsp3) is 0.667. The highest BCUT2D eigenvalue weighted by atomic mass is 16.3. The summed E-state index contributed by atoms with van der Waals surface area (Å²) in [5.41, 5.74) is 1.16. The van der Waals surface area contributed by atoms with Crippen LogP contribution in [0.2, 0.25) is 0 Å². The Kier molecular flexibility index (Phi) is 6.39. The SMILES string of the molecule is Cc1ccc(N2CCC(C(=O)NCC(O)CC(C)C)CC2)nc1. The van der Waals surface area contributed by atoms with E-state index in [0.717, 1.165) is 43.7 Å². The molecule has 1 aromatic rings. The third kappa shape index (κ3) is 5.50. The summed E-state index contributed by atoms with van der Waals surface area (Å²) >= 11 is 0. The number of carbonyl (C=O) groups is 1. The first kappa shape index (κ1) is 17.7. The molecule has 2 heterocycles. The minimum absolute atomic E-state index is 0.0444. The fourth-order valence-electron chi connectivity index (χ4n) is 3.01. The van der Waals surface area contributed by atoms with Gasteiger partial charge in [-0.1, -0.05) is 19.9 Å². The van der Waals surface area contributed by atoms with Crippen LogP contribution < -0.4 is 10.2 Å². The number of amides is 1. The van der Waals surface area contributed by atoms with Crippen LogP contribution >= 0.6 is 0 Å². The molecule has 1 fully saturated rings. The summed E-state index contributed by atoms with van der Waals surface area (Å²) in [6, 6.07) is 4.11. The maximum Gasteiger partial charge on any atom is 0.223 e. The molecule has 2 rings (SSSR count). The summed E-state index contributed by atoms with van der Waals surface area (Å²) in [7, 11) is 0. The van der Waals surface area contributed by atoms with Crippen molar-refractivity contribution >= 4 is 11.7 Å². The molecule has 5 heteroatoms. The van der Waals surface area contributed by atoms with Crippen LogP contribution in [0.25, 0.3) is 0 Å². The summed E-state index contributed by atoms with van der Waals surface area (Å²) in [6.45, 7) is 8.23. The normalized spacial score (nSPS) is 17.3. The molecule has 0 saturated carbocycles. The average Bonchev–Trinajstić information content (AvgIpc) is 2.53. The zero-order chi connectivity index (χ0) is 16.8. The van der Waals surface area contributed by atoms with Crippen molar-refractivity contribution in [1.82, 2.24) is 10.3 Å². The Hall–Kier alpha value is -1.62. The van der Waals surface area contributed by atoms with E-state index in [9.17, 15) is 9.90 Å². The minimum atomic E-state index is -0.448. The topological polar surface area (TPSA) is 65.5 Å². The van der Waals surface area contributed by atoms with Crippen LogP contribution in [0.1, 0.15) is 38.7 Å². The molecule has 0 aliphatic carbocycles. The lowest BCUT2D eigenvalue weighted by Gasteiger charge is -2.32. The van der Waals surface area contributed by atoms with Gasteiger partial charge < -0.3 is 15.3 Å². The van der Waals surface area contributed by atoms with Crippen LogP contribution in [0.3, 0.4) is 0 Å². The molecule has 128 valence electrons. The molecule has 1 aliphatic heterocycles. The number of nitrogens with zero attached hydrogens (tertiary/aromatic N) is 2. The van der Waals surface area contributed by atoms with Gasteiger partial charge in [0.25, 0.3) is 0 Å². The van der Waals surface area contributed by atoms with Crippen molar-refractivity contribution in [1.29, 1.82) is 0 Å². The number of aromatic nitrogens is 1. The van der Waals surface area contributed by atoms with E-state index in [4.69, 9.17) is 0 Å². The predicted octanol–water partition coefficient (Wildman–Crippen LogP) is 2.13. The van der Waals surface area contributed by atoms with E-state index in [1.165, 1.54) is 0 Å². The van der Waals surface area contributed by atoms with Gasteiger partial charge in [0.1, 0.15) is 5.82 Å². The van der Waals surface area contributed by atoms with Crippen molar-refractivity contribution in [3.8, 4) is 0 Å². The first-order valence-corrected chi connectivity index (χ1v) is 8.59. The van der Waals surface area contributed by atoms with Crippen molar-refractivity contribution in [2.75, 3.05) is 24.5 Å². The number of aliphatic hydroxyl groups excluding tert-OH is 1. The van der Waals surface area contributed by atoms with Crippen LogP contribution in [0.5, 0.6) is 0 Å². The largest absolute Gasteiger partial charge is 0.391 e. The number of hydrogen-bond donors (Lipinski definition) is 2. The monoisotopic (exact) mass is 319 g/mol. The van der Waals surface area contributed by atoms with Crippen molar-refractivity contribution in [3.63, 3.8) is 0 Å². The molecule has 0 spiro atoms. The van der Waals surface area contributed by atoms with Gasteiger partial charge in [-0.05, 0) is 43.7 Å². The standard InChI is InChI=1S/C18H29N3O2/c1-13(2)10-16(22)12-20-18(23)15-6-8-21(9-7-15)17-5-4-14(3)11-19-17/h4-5,11,13,15-16,22H,6-10,12H2,1-3H3,(H,20,23). The van der Waals surface area contributed by atoms with E-state index < -0.39 is 6.10 Å². The van der Waals surface area contributed by atoms with Crippen molar-refractivity contribution in [2.24, 2.45) is 11.8 Å². The number of carbonyl (C=O) groups excluding carboxylic acids is 1. The van der Waals surface area contributed by atoms with Gasteiger partial charge in [-0.25, -0.2) is 4.98 Å². The Labute approximate surface area is 139 Å². The lowest BCUT2D eigenvalue weighted by Crippen LogP contribution is -2.42. The molecule has 1 atom stereocenters. The van der Waals surface area contributed by atoms with Crippen LogP contribution in [0.4, 0.5) is 5.82 Å². The van der Waals surface area contributed by atoms with E-state index in [0.29, 0.717) is 12.5 Å². The maximum absolute atomic E-state index is 12.2. The Morgan fingerprint density at radius 2 is 2.09 bits per heavy atom. The van der Waals surface area contributed by atoms with Crippen molar-refractivity contribution in [3.05, 3.63) is 23.9 Å². The number of pyridine rings is 1. The number of aryl methyl sites for hydroxylation is 1. The van der Waals surface area contributed by atoms with Crippen LogP contribution in [-0.2, 0) is 4.79 Å². The molecule has 1 saturated heterocycles. The summed E-state index contributed by atoms with van der Waals surface area (Å²) in [5, 5.41) is 12.7. The van der Waals surface area contributed by atoms with E-state index in [2.05, 4.69) is 35.1 Å². The number of anilines is 1. The Balaban J connectivity index is 1.75. The lowest BCUT2D eigenvalue weighted by molar-refractivity contribution is -0.126. The van der Waals surface area contributed by atoms with Gasteiger partial charge in [-0.2, -0.15) is 0 Å². The molecule has 2 N–H and O–H groups in total. The van der Waals surface area contributed by atoms with Crippen molar-refractivity contribution in [2.45, 2.75) is 46.1 Å². The molecule has 0 radical (unpaired) electrons. The highest BCUT2D eigenvalue weighted by Gasteiger charge is 2.25. The van der Waals surface area contributed by atoms with E-state index in [-0.39, 0.29) is 11.8 Å². The second-order valence-corrected chi connectivity index (χ2v) is 6.98. The van der Waals surface area contributed by atoms with Crippen LogP contribution in [-0.4, -0.2) is 41.7 Å². The Morgan fingerprint density at radius 3 is 2.65 bits per heavy atom. The molecule has 0 aromatic carbocycles. The highest BCUT2D eigenvalue weighted by Crippen LogP contribution is 2.22. The van der Waals surface area contributed by atoms with Gasteiger partial charge in [-0.3, -0.25) is 4.79 Å². The Morgan fingerprint density at radius 1 is 1.39 bits per heavy atom. The minimum Gasteiger partial charge on any atom is -0.391 e. The van der Waals surface area contributed by atoms with Gasteiger partial charge in [0.2, 0.25) is 5.91 Å². The van der Waals surface area contributed by atoms with Gasteiger partial charge in [0.15, 0.2) is 0 Å². The molecule has 0 bridgehead atoms. The third-order valence-corrected chi connectivity index (χ3v) is 4.34. The molecule has 1 aliphatic rings. The first-order chi connectivity index (χ1) is 11.0. The summed E-state index contributed by atoms with van der Waals surface area (Å²) in [6.07, 6.45) is 3.82. The van der Waals surface area contributed by atoms with Gasteiger partial charge in [0.05, 0.1) is 6.10 Å². The summed E-state index contributed by atoms with van der Waals surface area (Å²) in [5.74, 6) is 1.54. The zero-order valence-corrected chi connectivity index (χ0v) is 14.5. The molecule has 1 amide bonds. The number of piperidine rings is 1. The number of rotatable bonds is 6. The highest BCUT2D eigenvalue weighted by molar-refractivity contribution is 5.79. The number of hydrogen-bond acceptors (Lipinski definition) is 4. The van der Waals surface area contributed by atoms with Gasteiger partial charge in [0, 0.05) is 31.7 Å². The van der Waals surface area contributed by atoms with Crippen molar-refractivity contribution < 1.29 is 9.90 Å². The zero-order valence-electron chi connectivity index (χ0n) is 14.5. The molecule has 23 heavy (non-hydrogen) atoms. The second kappa shape index (κ2) is 8.29. The average molecular weight is 319 g/mol. The smallest absolute Gasteiger partial charge is 0.223 e. The fourth-order valence-corrected chi connectivity index (χ4v) is 3.01. The summed E-state index contributed by atoms with van der Waals surface area (Å²) in [4.78, 5) is 18.9. The van der Waals surface area contributed by atoms with E-state index >= 15 is 0 Å². The summed E-state index contributed by atoms with van der Waals surface area (Å²) < 4.78 is 0. The molecule has 1 aromatic heterocycles. The molecular weight excluding hydrogens is 290 g/mol. The van der Waals surface area contributed by atoms with Gasteiger partial charge >= 0.3 is 0 Å². The predicted molar refractivity (Wildman–Crippen MR) is 92.4 cm³/mol. The van der Waals surface area contributed by atoms with Crippen LogP contribution in [0.15, 0.2) is 18.3 Å².